The van der Waals surface area contributed by atoms with Crippen LogP contribution in [-0.4, -0.2) is 148 Å². The first kappa shape index (κ1) is 45.8. The number of aliphatic hydroxyl groups excluding tert-OH is 1. The number of aromatic nitrogens is 2. The van der Waals surface area contributed by atoms with Gasteiger partial charge in [-0.3, -0.25) is 4.79 Å². The Hall–Kier alpha value is -3.25. The zero-order valence-electron chi connectivity index (χ0n) is 36.4. The molecule has 5 rings (SSSR count). The van der Waals surface area contributed by atoms with E-state index >= 15 is 4.39 Å². The number of carbonyl (C=O) groups is 3. The number of aryl methyl sites for hydroxylation is 1. The highest BCUT2D eigenvalue weighted by atomic mass is 19.1. The summed E-state index contributed by atoms with van der Waals surface area (Å²) in [4.78, 5) is 52.2. The van der Waals surface area contributed by atoms with Crippen molar-refractivity contribution in [3.63, 3.8) is 0 Å². The SMILES string of the molecule is CCN(CCCc1nc2ccccc2[nH]1)N1C(=O)O[C@]2(C)[C@H](C)OC(=O)C(C)(F)C(=O)[C@H](C)[C@@H](O[C@@H]3O[C@H](C)C[C@H](N(C)C)[C@H]3O)[C@@](C)(OC)C[C@@H](C)C(N)[C@@H](C)[C@@H]12. The molecule has 2 unspecified atom stereocenters. The summed E-state index contributed by atoms with van der Waals surface area (Å²) in [6, 6.07) is 6.08. The van der Waals surface area contributed by atoms with Gasteiger partial charge in [0.1, 0.15) is 18.0 Å². The fourth-order valence-corrected chi connectivity index (χ4v) is 9.45. The van der Waals surface area contributed by atoms with Crippen LogP contribution in [0.5, 0.6) is 0 Å². The number of para-hydroxylation sites is 2. The predicted molar refractivity (Wildman–Crippen MR) is 215 cm³/mol. The first-order chi connectivity index (χ1) is 27.1. The van der Waals surface area contributed by atoms with E-state index in [9.17, 15) is 19.5 Å². The molecule has 1 aromatic heterocycles. The number of esters is 1. The number of Topliss-reactive ketones (excluding diaryl/α,β-unsaturated/α-hetero) is 1. The van der Waals surface area contributed by atoms with Crippen molar-refractivity contribution in [3.8, 4) is 0 Å². The molecule has 3 aliphatic rings. The molecule has 3 fully saturated rings. The summed E-state index contributed by atoms with van der Waals surface area (Å²) in [6.07, 6.45) is -3.70. The van der Waals surface area contributed by atoms with E-state index < -0.39 is 83.2 Å². The number of methoxy groups -OCH3 is 1. The summed E-state index contributed by atoms with van der Waals surface area (Å²) in [5, 5.41) is 14.9. The number of carbonyl (C=O) groups excluding carboxylic acids is 3. The van der Waals surface area contributed by atoms with Crippen LogP contribution < -0.4 is 5.73 Å². The van der Waals surface area contributed by atoms with Crippen LogP contribution in [0.2, 0.25) is 0 Å². The third-order valence-electron chi connectivity index (χ3n) is 13.2. The monoisotopic (exact) mass is 818 g/mol. The Kier molecular flexibility index (Phi) is 14.0. The molecule has 0 bridgehead atoms. The second-order valence-corrected chi connectivity index (χ2v) is 17.7. The molecule has 16 heteroatoms. The van der Waals surface area contributed by atoms with E-state index in [0.29, 0.717) is 32.4 Å². The van der Waals surface area contributed by atoms with Crippen molar-refractivity contribution in [2.45, 2.75) is 154 Å². The molecule has 58 heavy (non-hydrogen) atoms. The van der Waals surface area contributed by atoms with Crippen molar-refractivity contribution in [1.82, 2.24) is 24.9 Å². The van der Waals surface area contributed by atoms with Crippen LogP contribution in [0.15, 0.2) is 24.3 Å². The van der Waals surface area contributed by atoms with Gasteiger partial charge >= 0.3 is 12.1 Å². The summed E-state index contributed by atoms with van der Waals surface area (Å²) in [6.45, 7) is 15.9. The summed E-state index contributed by atoms with van der Waals surface area (Å²) >= 11 is 0. The van der Waals surface area contributed by atoms with E-state index in [1.807, 2.05) is 76.0 Å². The normalized spacial score (nSPS) is 39.5. The van der Waals surface area contributed by atoms with Gasteiger partial charge in [-0.15, -0.1) is 0 Å². The van der Waals surface area contributed by atoms with Crippen LogP contribution in [-0.2, 0) is 39.7 Å². The van der Waals surface area contributed by atoms with Crippen LogP contribution in [0.1, 0.15) is 87.4 Å². The molecule has 0 aliphatic carbocycles. The van der Waals surface area contributed by atoms with Crippen molar-refractivity contribution >= 4 is 28.9 Å². The van der Waals surface area contributed by atoms with E-state index in [1.54, 1.807) is 18.9 Å². The summed E-state index contributed by atoms with van der Waals surface area (Å²) < 4.78 is 47.7. The van der Waals surface area contributed by atoms with Gasteiger partial charge < -0.3 is 44.4 Å². The molecule has 15 nitrogen and oxygen atoms in total. The molecular weight excluding hydrogens is 751 g/mol. The molecule has 0 spiro atoms. The lowest BCUT2D eigenvalue weighted by Crippen LogP contribution is -2.64. The summed E-state index contributed by atoms with van der Waals surface area (Å²) in [7, 11) is 5.16. The number of nitrogens with one attached hydrogen (secondary N) is 1. The molecule has 0 saturated carbocycles. The number of cyclic esters (lactones) is 1. The smallest absolute Gasteiger partial charge is 0.425 e. The molecule has 2 aromatic rings. The number of hydrogen-bond acceptors (Lipinski definition) is 13. The maximum absolute atomic E-state index is 16.9. The largest absolute Gasteiger partial charge is 0.456 e. The third-order valence-corrected chi connectivity index (χ3v) is 13.2. The number of H-pyrrole nitrogens is 1. The van der Waals surface area contributed by atoms with E-state index in [-0.39, 0.29) is 24.5 Å². The number of nitrogens with two attached hydrogens (primary N) is 1. The van der Waals surface area contributed by atoms with Crippen molar-refractivity contribution < 1.29 is 47.6 Å². The number of aromatic amines is 1. The average Bonchev–Trinajstić information content (AvgIpc) is 3.71. The maximum atomic E-state index is 16.9. The molecule has 4 N–H and O–H groups in total. The lowest BCUT2D eigenvalue weighted by atomic mass is 9.72. The van der Waals surface area contributed by atoms with E-state index in [0.717, 1.165) is 23.8 Å². The van der Waals surface area contributed by atoms with Gasteiger partial charge in [-0.2, -0.15) is 0 Å². The van der Waals surface area contributed by atoms with Crippen LogP contribution >= 0.6 is 0 Å². The number of ketones is 1. The number of imidazole rings is 1. The van der Waals surface area contributed by atoms with Gasteiger partial charge in [0.25, 0.3) is 5.67 Å². The number of aliphatic hydroxyl groups is 1. The highest BCUT2D eigenvalue weighted by molar-refractivity contribution is 6.07. The molecule has 326 valence electrons. The summed E-state index contributed by atoms with van der Waals surface area (Å²) in [5.74, 6) is -3.83. The van der Waals surface area contributed by atoms with Crippen LogP contribution in [0.25, 0.3) is 11.0 Å². The van der Waals surface area contributed by atoms with E-state index in [2.05, 4.69) is 4.98 Å². The summed E-state index contributed by atoms with van der Waals surface area (Å²) in [5.41, 5.74) is 3.04. The number of halogens is 1. The maximum Gasteiger partial charge on any atom is 0.425 e. The minimum Gasteiger partial charge on any atom is -0.456 e. The number of ether oxygens (including phenoxy) is 5. The van der Waals surface area contributed by atoms with Gasteiger partial charge in [0, 0.05) is 44.6 Å². The standard InChI is InChI=1S/C42H67FN6O9/c1-13-48(20-16-19-31-45-28-17-14-15-18-29(28)46-31)49-34-25(4)32(44)23(2)22-40(7,54-12)36(57-37-33(50)30(47(10)11)21-24(3)55-37)26(5)35(51)41(8,43)38(52)56-27(6)42(34,9)58-39(49)53/h14-15,17-18,23-27,30,32-34,36-37,50H,13,16,19-22,44H2,1-12H3,(H,45,46)/t23-,24-,25-,26+,27+,30+,32?,33-,34-,36-,37+,40+,41?,42-/m1/s1. The number of alkyl halides is 1. The molecule has 1 amide bonds. The van der Waals surface area contributed by atoms with Crippen molar-refractivity contribution in [3.05, 3.63) is 30.1 Å². The Morgan fingerprint density at radius 1 is 1.10 bits per heavy atom. The first-order valence-electron chi connectivity index (χ1n) is 20.7. The average molecular weight is 819 g/mol. The fraction of sp³-hybridized carbons (Fsp3) is 0.762. The second-order valence-electron chi connectivity index (χ2n) is 17.7. The number of benzene rings is 1. The van der Waals surface area contributed by atoms with Gasteiger partial charge in [0.05, 0.1) is 34.9 Å². The van der Waals surface area contributed by atoms with Gasteiger partial charge in [-0.25, -0.2) is 29.0 Å². The number of hydrogen-bond donors (Lipinski definition) is 3. The first-order valence-corrected chi connectivity index (χ1v) is 20.7. The van der Waals surface area contributed by atoms with Crippen LogP contribution in [0, 0.1) is 17.8 Å². The van der Waals surface area contributed by atoms with Crippen LogP contribution in [0.3, 0.4) is 0 Å². The zero-order valence-corrected chi connectivity index (χ0v) is 36.4. The van der Waals surface area contributed by atoms with Gasteiger partial charge in [-0.1, -0.05) is 39.8 Å². The van der Waals surface area contributed by atoms with Crippen molar-refractivity contribution in [1.29, 1.82) is 0 Å². The molecule has 3 aliphatic heterocycles. The van der Waals surface area contributed by atoms with Gasteiger partial charge in [0.15, 0.2) is 17.7 Å². The number of rotatable bonds is 10. The Morgan fingerprint density at radius 2 is 1.78 bits per heavy atom. The molecule has 14 atom stereocenters. The highest BCUT2D eigenvalue weighted by Crippen LogP contribution is 2.44. The van der Waals surface area contributed by atoms with Crippen LogP contribution in [0.4, 0.5) is 9.18 Å². The molecule has 1 aromatic carbocycles. The fourth-order valence-electron chi connectivity index (χ4n) is 9.45. The highest BCUT2D eigenvalue weighted by Gasteiger charge is 2.62. The molecular formula is C42H67FN6O9. The van der Waals surface area contributed by atoms with Gasteiger partial charge in [-0.05, 0) is 91.9 Å². The van der Waals surface area contributed by atoms with Gasteiger partial charge in [0.2, 0.25) is 0 Å². The molecule has 0 radical (unpaired) electrons. The molecule has 4 heterocycles. The second kappa shape index (κ2) is 17.8. The lowest BCUT2D eigenvalue weighted by Gasteiger charge is -2.48. The Morgan fingerprint density at radius 3 is 2.40 bits per heavy atom. The number of amides is 1. The number of hydrazine groups is 1. The number of fused-ring (bicyclic) bond motifs is 2. The predicted octanol–water partition coefficient (Wildman–Crippen LogP) is 4.40. The number of nitrogens with zero attached hydrogens (tertiary/aromatic N) is 4. The lowest BCUT2D eigenvalue weighted by molar-refractivity contribution is -0.296. The Balaban J connectivity index is 1.50. The quantitative estimate of drug-likeness (QED) is 0.227. The Labute approximate surface area is 342 Å². The third kappa shape index (κ3) is 8.79. The van der Waals surface area contributed by atoms with E-state index in [1.165, 1.54) is 21.0 Å². The molecule has 3 saturated heterocycles. The minimum atomic E-state index is -3.15. The zero-order chi connectivity index (χ0) is 43.1. The van der Waals surface area contributed by atoms with Crippen molar-refractivity contribution in [2.75, 3.05) is 34.3 Å². The van der Waals surface area contributed by atoms with E-state index in [4.69, 9.17) is 34.4 Å². The van der Waals surface area contributed by atoms with Crippen molar-refractivity contribution in [2.24, 2.45) is 23.5 Å². The number of likely N-dealkylation sites (N-methyl/N-ethyl adjacent to an activating group) is 1. The topological polar surface area (TPSA) is 182 Å². The minimum absolute atomic E-state index is 0.211. The Bertz CT molecular complexity index is 1730.